The van der Waals surface area contributed by atoms with Gasteiger partial charge in [-0.05, 0) is 44.8 Å². The molecule has 0 saturated heterocycles. The van der Waals surface area contributed by atoms with Crippen LogP contribution >= 0.6 is 11.8 Å². The minimum atomic E-state index is -0.214. The van der Waals surface area contributed by atoms with Crippen LogP contribution in [0.1, 0.15) is 28.2 Å². The molecule has 0 spiro atoms. The van der Waals surface area contributed by atoms with Crippen LogP contribution in [-0.4, -0.2) is 56.0 Å². The van der Waals surface area contributed by atoms with Crippen molar-refractivity contribution in [2.75, 3.05) is 26.0 Å². The van der Waals surface area contributed by atoms with Crippen LogP contribution in [0.5, 0.6) is 0 Å². The lowest BCUT2D eigenvalue weighted by Crippen LogP contribution is -2.19. The second kappa shape index (κ2) is 9.03. The quantitative estimate of drug-likeness (QED) is 0.587. The fourth-order valence-electron chi connectivity index (χ4n) is 2.58. The molecule has 8 nitrogen and oxygen atoms in total. The van der Waals surface area contributed by atoms with E-state index in [4.69, 9.17) is 0 Å². The first-order valence-electron chi connectivity index (χ1n) is 9.02. The Kier molecular flexibility index (Phi) is 6.48. The summed E-state index contributed by atoms with van der Waals surface area (Å²) < 4.78 is 3.67. The van der Waals surface area contributed by atoms with Crippen molar-refractivity contribution in [1.82, 2.24) is 29.4 Å². The van der Waals surface area contributed by atoms with Crippen LogP contribution in [0.25, 0.3) is 0 Å². The Morgan fingerprint density at radius 2 is 2.14 bits per heavy atom. The summed E-state index contributed by atoms with van der Waals surface area (Å²) in [6, 6.07) is 9.58. The number of thioether (sulfide) groups is 1. The summed E-state index contributed by atoms with van der Waals surface area (Å²) in [5, 5.41) is 16.3. The number of nitrogens with zero attached hydrogens (tertiary/aromatic N) is 6. The highest BCUT2D eigenvalue weighted by Crippen LogP contribution is 2.34. The number of aryl methyl sites for hydroxylation is 1. The van der Waals surface area contributed by atoms with Gasteiger partial charge >= 0.3 is 0 Å². The third-order valence-electron chi connectivity index (χ3n) is 4.22. The maximum Gasteiger partial charge on any atom is 0.276 e. The van der Waals surface area contributed by atoms with Crippen LogP contribution in [0.2, 0.25) is 0 Å². The Bertz CT molecular complexity index is 934. The standard InChI is InChI=1S/C19H25N7OS/c1-14(28-19-22-20-13-25(19)4)15-6-5-7-16(12-15)21-18(27)17-8-9-26(23-17)11-10-24(2)3/h5-9,12-14H,10-11H2,1-4H3,(H,21,27). The van der Waals surface area contributed by atoms with Crippen LogP contribution < -0.4 is 5.32 Å². The number of aromatic nitrogens is 5. The molecule has 2 aromatic heterocycles. The predicted octanol–water partition coefficient (Wildman–Crippen LogP) is 2.68. The smallest absolute Gasteiger partial charge is 0.276 e. The molecule has 9 heteroatoms. The molecule has 0 aliphatic rings. The molecule has 148 valence electrons. The molecule has 3 rings (SSSR count). The molecule has 1 atom stereocenters. The van der Waals surface area contributed by atoms with Crippen molar-refractivity contribution in [3.05, 3.63) is 54.1 Å². The van der Waals surface area contributed by atoms with E-state index >= 15 is 0 Å². The number of amides is 1. The van der Waals surface area contributed by atoms with Crippen LogP contribution in [0.15, 0.2) is 48.0 Å². The lowest BCUT2D eigenvalue weighted by molar-refractivity contribution is 0.102. The highest BCUT2D eigenvalue weighted by atomic mass is 32.2. The van der Waals surface area contributed by atoms with Gasteiger partial charge in [0.15, 0.2) is 10.9 Å². The molecule has 2 heterocycles. The van der Waals surface area contributed by atoms with Crippen molar-refractivity contribution >= 4 is 23.4 Å². The minimum absolute atomic E-state index is 0.171. The first-order valence-corrected chi connectivity index (χ1v) is 9.90. The average molecular weight is 400 g/mol. The molecule has 0 aliphatic carbocycles. The van der Waals surface area contributed by atoms with Crippen molar-refractivity contribution in [2.24, 2.45) is 7.05 Å². The van der Waals surface area contributed by atoms with Gasteiger partial charge in [0, 0.05) is 30.7 Å². The monoisotopic (exact) mass is 399 g/mol. The maximum absolute atomic E-state index is 12.5. The predicted molar refractivity (Wildman–Crippen MR) is 110 cm³/mol. The number of carbonyl (C=O) groups excluding carboxylic acids is 1. The fourth-order valence-corrected chi connectivity index (χ4v) is 3.49. The van der Waals surface area contributed by atoms with Gasteiger partial charge in [-0.15, -0.1) is 10.2 Å². The summed E-state index contributed by atoms with van der Waals surface area (Å²) in [5.74, 6) is -0.214. The van der Waals surface area contributed by atoms with Gasteiger partial charge in [-0.25, -0.2) is 0 Å². The molecular weight excluding hydrogens is 374 g/mol. The minimum Gasteiger partial charge on any atom is -0.321 e. The molecule has 0 aliphatic heterocycles. The summed E-state index contributed by atoms with van der Waals surface area (Å²) in [4.78, 5) is 14.6. The molecule has 1 amide bonds. The molecule has 0 saturated carbocycles. The number of hydrogen-bond donors (Lipinski definition) is 1. The van der Waals surface area contributed by atoms with Crippen LogP contribution in [0.4, 0.5) is 5.69 Å². The third kappa shape index (κ3) is 5.20. The summed E-state index contributed by atoms with van der Waals surface area (Å²) >= 11 is 1.62. The lowest BCUT2D eigenvalue weighted by atomic mass is 10.1. The van der Waals surface area contributed by atoms with Gasteiger partial charge in [0.1, 0.15) is 6.33 Å². The second-order valence-corrected chi connectivity index (χ2v) is 8.14. The summed E-state index contributed by atoms with van der Waals surface area (Å²) in [6.45, 7) is 3.71. The van der Waals surface area contributed by atoms with E-state index < -0.39 is 0 Å². The SMILES string of the molecule is CC(Sc1nncn1C)c1cccc(NC(=O)c2ccn(CCN(C)C)n2)c1. The molecule has 0 radical (unpaired) electrons. The van der Waals surface area contributed by atoms with Crippen molar-refractivity contribution < 1.29 is 4.79 Å². The Balaban J connectivity index is 1.64. The normalized spacial score (nSPS) is 12.3. The summed E-state index contributed by atoms with van der Waals surface area (Å²) in [5.41, 5.74) is 2.25. The number of hydrogen-bond acceptors (Lipinski definition) is 6. The number of nitrogens with one attached hydrogen (secondary N) is 1. The van der Waals surface area contributed by atoms with E-state index in [0.29, 0.717) is 5.69 Å². The van der Waals surface area contributed by atoms with Gasteiger partial charge < -0.3 is 14.8 Å². The van der Waals surface area contributed by atoms with Crippen LogP contribution in [-0.2, 0) is 13.6 Å². The number of benzene rings is 1. The summed E-state index contributed by atoms with van der Waals surface area (Å²) in [6.07, 6.45) is 3.51. The van der Waals surface area contributed by atoms with E-state index in [1.807, 2.05) is 56.2 Å². The second-order valence-electron chi connectivity index (χ2n) is 6.83. The van der Waals surface area contributed by atoms with Gasteiger partial charge in [-0.2, -0.15) is 5.10 Å². The van der Waals surface area contributed by atoms with Crippen LogP contribution in [0.3, 0.4) is 0 Å². The Morgan fingerprint density at radius 1 is 1.32 bits per heavy atom. The third-order valence-corrected chi connectivity index (χ3v) is 5.42. The molecular formula is C19H25N7OS. The van der Waals surface area contributed by atoms with Crippen LogP contribution in [0, 0.1) is 0 Å². The molecule has 0 fully saturated rings. The molecule has 1 unspecified atom stereocenters. The number of likely N-dealkylation sites (N-methyl/N-ethyl adjacent to an activating group) is 1. The fraction of sp³-hybridized carbons (Fsp3) is 0.368. The van der Waals surface area contributed by atoms with E-state index in [1.165, 1.54) is 0 Å². The zero-order valence-corrected chi connectivity index (χ0v) is 17.3. The van der Waals surface area contributed by atoms with E-state index in [0.717, 1.165) is 29.5 Å². The molecule has 1 aromatic carbocycles. The first-order chi connectivity index (χ1) is 13.4. The van der Waals surface area contributed by atoms with E-state index in [2.05, 4.69) is 32.4 Å². The molecule has 28 heavy (non-hydrogen) atoms. The number of carbonyl (C=O) groups is 1. The van der Waals surface area contributed by atoms with Gasteiger partial charge in [-0.1, -0.05) is 23.9 Å². The Morgan fingerprint density at radius 3 is 2.86 bits per heavy atom. The molecule has 3 aromatic rings. The van der Waals surface area contributed by atoms with Gasteiger partial charge in [-0.3, -0.25) is 9.48 Å². The first kappa shape index (κ1) is 20.1. The average Bonchev–Trinajstić information content (AvgIpc) is 3.30. The highest BCUT2D eigenvalue weighted by molar-refractivity contribution is 7.99. The van der Waals surface area contributed by atoms with E-state index in [1.54, 1.807) is 28.8 Å². The molecule has 0 bridgehead atoms. The van der Waals surface area contributed by atoms with Crippen molar-refractivity contribution in [1.29, 1.82) is 0 Å². The van der Waals surface area contributed by atoms with E-state index in [9.17, 15) is 4.79 Å². The maximum atomic E-state index is 12.5. The van der Waals surface area contributed by atoms with Crippen molar-refractivity contribution in [3.8, 4) is 0 Å². The Labute approximate surface area is 168 Å². The van der Waals surface area contributed by atoms with Crippen molar-refractivity contribution in [3.63, 3.8) is 0 Å². The van der Waals surface area contributed by atoms with E-state index in [-0.39, 0.29) is 11.2 Å². The zero-order valence-electron chi connectivity index (χ0n) is 16.5. The van der Waals surface area contributed by atoms with Crippen molar-refractivity contribution in [2.45, 2.75) is 23.9 Å². The van der Waals surface area contributed by atoms with Gasteiger partial charge in [0.2, 0.25) is 0 Å². The van der Waals surface area contributed by atoms with Gasteiger partial charge in [0.25, 0.3) is 5.91 Å². The Hall–Kier alpha value is -2.65. The number of anilines is 1. The lowest BCUT2D eigenvalue weighted by Gasteiger charge is -2.12. The molecule has 1 N–H and O–H groups in total. The topological polar surface area (TPSA) is 80.9 Å². The zero-order chi connectivity index (χ0) is 20.1. The number of rotatable bonds is 8. The summed E-state index contributed by atoms with van der Waals surface area (Å²) in [7, 11) is 5.94. The van der Waals surface area contributed by atoms with Gasteiger partial charge in [0.05, 0.1) is 6.54 Å². The highest BCUT2D eigenvalue weighted by Gasteiger charge is 2.14. The largest absolute Gasteiger partial charge is 0.321 e.